The highest BCUT2D eigenvalue weighted by Gasteiger charge is 2.14. The number of nitrogens with one attached hydrogen (secondary N) is 1. The molecule has 1 aliphatic carbocycles. The SMILES string of the molecule is CC1CCCC(=NNc2ccc(Cl)c(C(=O)O)c2)C1. The zero-order valence-electron chi connectivity index (χ0n) is 10.8. The molecule has 102 valence electrons. The van der Waals surface area contributed by atoms with E-state index in [1.165, 1.54) is 18.9 Å². The Hall–Kier alpha value is -1.55. The third-order valence-corrected chi connectivity index (χ3v) is 3.62. The largest absolute Gasteiger partial charge is 0.478 e. The summed E-state index contributed by atoms with van der Waals surface area (Å²) in [6, 6.07) is 4.79. The van der Waals surface area contributed by atoms with E-state index in [2.05, 4.69) is 17.5 Å². The third-order valence-electron chi connectivity index (χ3n) is 3.29. The van der Waals surface area contributed by atoms with Crippen LogP contribution < -0.4 is 5.43 Å². The van der Waals surface area contributed by atoms with Crippen LogP contribution in [0.25, 0.3) is 0 Å². The minimum Gasteiger partial charge on any atom is -0.478 e. The van der Waals surface area contributed by atoms with Crippen LogP contribution in [0.1, 0.15) is 43.0 Å². The lowest BCUT2D eigenvalue weighted by Crippen LogP contribution is -2.14. The molecular weight excluding hydrogens is 264 g/mol. The predicted octanol–water partition coefficient (Wildman–Crippen LogP) is 4.02. The van der Waals surface area contributed by atoms with Crippen molar-refractivity contribution < 1.29 is 9.90 Å². The van der Waals surface area contributed by atoms with Gasteiger partial charge in [0.05, 0.1) is 16.3 Å². The number of halogens is 1. The van der Waals surface area contributed by atoms with E-state index in [0.29, 0.717) is 11.6 Å². The third kappa shape index (κ3) is 3.70. The average molecular weight is 281 g/mol. The molecule has 0 radical (unpaired) electrons. The Kier molecular flexibility index (Phi) is 4.43. The Labute approximate surface area is 117 Å². The van der Waals surface area contributed by atoms with Crippen LogP contribution >= 0.6 is 11.6 Å². The molecule has 5 heteroatoms. The van der Waals surface area contributed by atoms with E-state index in [9.17, 15) is 4.79 Å². The van der Waals surface area contributed by atoms with Crippen LogP contribution in [-0.2, 0) is 0 Å². The first-order chi connectivity index (χ1) is 9.06. The van der Waals surface area contributed by atoms with Crippen LogP contribution in [0.3, 0.4) is 0 Å². The van der Waals surface area contributed by atoms with Gasteiger partial charge < -0.3 is 5.11 Å². The van der Waals surface area contributed by atoms with Gasteiger partial charge in [0.2, 0.25) is 0 Å². The van der Waals surface area contributed by atoms with E-state index in [0.717, 1.165) is 18.6 Å². The molecule has 2 N–H and O–H groups in total. The van der Waals surface area contributed by atoms with Crippen LogP contribution in [-0.4, -0.2) is 16.8 Å². The number of rotatable bonds is 3. The first-order valence-electron chi connectivity index (χ1n) is 6.40. The Morgan fingerprint density at radius 3 is 3.00 bits per heavy atom. The van der Waals surface area contributed by atoms with Crippen molar-refractivity contribution in [2.45, 2.75) is 32.6 Å². The van der Waals surface area contributed by atoms with Crippen molar-refractivity contribution in [1.29, 1.82) is 0 Å². The standard InChI is InChI=1S/C14H17ClN2O2/c1-9-3-2-4-10(7-9)16-17-11-5-6-13(15)12(8-11)14(18)19/h5-6,8-9,17H,2-4,7H2,1H3,(H,18,19). The van der Waals surface area contributed by atoms with Gasteiger partial charge in [-0.15, -0.1) is 0 Å². The smallest absolute Gasteiger partial charge is 0.337 e. The van der Waals surface area contributed by atoms with Gasteiger partial charge in [-0.25, -0.2) is 4.79 Å². The second kappa shape index (κ2) is 6.06. The van der Waals surface area contributed by atoms with Crippen molar-refractivity contribution in [2.24, 2.45) is 11.0 Å². The van der Waals surface area contributed by atoms with Crippen molar-refractivity contribution in [2.75, 3.05) is 5.43 Å². The maximum Gasteiger partial charge on any atom is 0.337 e. The first-order valence-corrected chi connectivity index (χ1v) is 6.78. The maximum absolute atomic E-state index is 11.0. The van der Waals surface area contributed by atoms with E-state index in [1.807, 2.05) is 0 Å². The molecule has 1 saturated carbocycles. The lowest BCUT2D eigenvalue weighted by atomic mass is 9.89. The van der Waals surface area contributed by atoms with Gasteiger partial charge in [-0.3, -0.25) is 5.43 Å². The summed E-state index contributed by atoms with van der Waals surface area (Å²) in [5, 5.41) is 13.6. The summed E-state index contributed by atoms with van der Waals surface area (Å²) >= 11 is 5.81. The lowest BCUT2D eigenvalue weighted by molar-refractivity contribution is 0.0697. The van der Waals surface area contributed by atoms with Crippen molar-refractivity contribution in [3.05, 3.63) is 28.8 Å². The highest BCUT2D eigenvalue weighted by molar-refractivity contribution is 6.33. The summed E-state index contributed by atoms with van der Waals surface area (Å²) in [6.45, 7) is 2.22. The van der Waals surface area contributed by atoms with Crippen LogP contribution in [0.5, 0.6) is 0 Å². The van der Waals surface area contributed by atoms with Gasteiger partial charge >= 0.3 is 5.97 Å². The average Bonchev–Trinajstić information content (AvgIpc) is 2.37. The number of benzene rings is 1. The normalized spacial score (nSPS) is 21.4. The van der Waals surface area contributed by atoms with Gasteiger partial charge in [-0.2, -0.15) is 5.10 Å². The van der Waals surface area contributed by atoms with Gasteiger partial charge in [-0.1, -0.05) is 18.5 Å². The molecule has 1 aromatic carbocycles. The van der Waals surface area contributed by atoms with E-state index < -0.39 is 5.97 Å². The molecule has 2 rings (SSSR count). The second-order valence-electron chi connectivity index (χ2n) is 4.99. The van der Waals surface area contributed by atoms with Gasteiger partial charge in [0.1, 0.15) is 0 Å². The van der Waals surface area contributed by atoms with Gasteiger partial charge in [0.15, 0.2) is 0 Å². The molecule has 0 saturated heterocycles. The number of carboxylic acid groups (broad SMARTS) is 1. The Morgan fingerprint density at radius 2 is 2.32 bits per heavy atom. The second-order valence-corrected chi connectivity index (χ2v) is 5.40. The van der Waals surface area contributed by atoms with Gasteiger partial charge in [-0.05, 0) is 49.8 Å². The predicted molar refractivity (Wildman–Crippen MR) is 77.1 cm³/mol. The quantitative estimate of drug-likeness (QED) is 0.822. The zero-order chi connectivity index (χ0) is 13.8. The molecule has 1 unspecified atom stereocenters. The minimum atomic E-state index is -1.03. The summed E-state index contributed by atoms with van der Waals surface area (Å²) in [6.07, 6.45) is 4.44. The van der Waals surface area contributed by atoms with Gasteiger partial charge in [0, 0.05) is 5.71 Å². The van der Waals surface area contributed by atoms with E-state index in [1.54, 1.807) is 12.1 Å². The van der Waals surface area contributed by atoms with Crippen LogP contribution in [0, 0.1) is 5.92 Å². The number of nitrogens with zero attached hydrogens (tertiary/aromatic N) is 1. The molecule has 0 spiro atoms. The lowest BCUT2D eigenvalue weighted by Gasteiger charge is -2.19. The molecule has 0 heterocycles. The molecule has 0 amide bonds. The topological polar surface area (TPSA) is 61.7 Å². The molecule has 0 aromatic heterocycles. The van der Waals surface area contributed by atoms with Crippen molar-refractivity contribution >= 4 is 29.0 Å². The Morgan fingerprint density at radius 1 is 1.53 bits per heavy atom. The summed E-state index contributed by atoms with van der Waals surface area (Å²) < 4.78 is 0. The molecular formula is C14H17ClN2O2. The fourth-order valence-corrected chi connectivity index (χ4v) is 2.46. The number of hydrazone groups is 1. The highest BCUT2D eigenvalue weighted by Crippen LogP contribution is 2.23. The monoisotopic (exact) mass is 280 g/mol. The van der Waals surface area contributed by atoms with Crippen LogP contribution in [0.15, 0.2) is 23.3 Å². The number of anilines is 1. The van der Waals surface area contributed by atoms with Crippen LogP contribution in [0.4, 0.5) is 5.69 Å². The zero-order valence-corrected chi connectivity index (χ0v) is 11.6. The number of carboxylic acids is 1. The molecule has 0 bridgehead atoms. The number of carbonyl (C=O) groups is 1. The summed E-state index contributed by atoms with van der Waals surface area (Å²) in [5.41, 5.74) is 4.80. The minimum absolute atomic E-state index is 0.0869. The molecule has 1 atom stereocenters. The molecule has 4 nitrogen and oxygen atoms in total. The number of hydrogen-bond acceptors (Lipinski definition) is 3. The van der Waals surface area contributed by atoms with Crippen LogP contribution in [0.2, 0.25) is 5.02 Å². The molecule has 1 aromatic rings. The number of aromatic carboxylic acids is 1. The number of hydrogen-bond donors (Lipinski definition) is 2. The molecule has 1 aliphatic rings. The maximum atomic E-state index is 11.0. The Bertz CT molecular complexity index is 514. The van der Waals surface area contributed by atoms with Crippen molar-refractivity contribution in [1.82, 2.24) is 0 Å². The first kappa shape index (κ1) is 13.9. The van der Waals surface area contributed by atoms with E-state index in [-0.39, 0.29) is 10.6 Å². The summed E-state index contributed by atoms with van der Waals surface area (Å²) in [7, 11) is 0. The molecule has 1 fully saturated rings. The summed E-state index contributed by atoms with van der Waals surface area (Å²) in [5.74, 6) is -0.360. The molecule has 19 heavy (non-hydrogen) atoms. The highest BCUT2D eigenvalue weighted by atomic mass is 35.5. The van der Waals surface area contributed by atoms with E-state index >= 15 is 0 Å². The van der Waals surface area contributed by atoms with Crippen molar-refractivity contribution in [3.63, 3.8) is 0 Å². The van der Waals surface area contributed by atoms with Gasteiger partial charge in [0.25, 0.3) is 0 Å². The fraction of sp³-hybridized carbons (Fsp3) is 0.429. The summed E-state index contributed by atoms with van der Waals surface area (Å²) in [4.78, 5) is 11.0. The Balaban J connectivity index is 2.09. The molecule has 0 aliphatic heterocycles. The van der Waals surface area contributed by atoms with Crippen molar-refractivity contribution in [3.8, 4) is 0 Å². The fourth-order valence-electron chi connectivity index (χ4n) is 2.26. The van der Waals surface area contributed by atoms with E-state index in [4.69, 9.17) is 16.7 Å².